The molecule has 0 amide bonds. The van der Waals surface area contributed by atoms with Crippen molar-refractivity contribution in [3.05, 3.63) is 461 Å². The SMILES string of the molecule is c1ccc(N(c2ccc(-c3ccc(N(c4ccccc4)c4cc5ccc6cccc7ccc(c4)c5c67)cc3)cc2)c2cc3ccc4cccc5ccc(c2)c3c45)cc1.c1ccc(N(c2ccc(-c3ccc(N(c4ccccc4)c4ccc(-c5cccc6ccccc56)cc4)cc3)cc2)c2ccc(-c3cccc4ccccc34)cc2)cc1. The lowest BCUT2D eigenvalue weighted by molar-refractivity contribution is 1.28. The van der Waals surface area contributed by atoms with Crippen LogP contribution in [0.2, 0.25) is 0 Å². The minimum Gasteiger partial charge on any atom is -0.311 e. The highest BCUT2D eigenvalue weighted by molar-refractivity contribution is 6.25. The summed E-state index contributed by atoms with van der Waals surface area (Å²) in [6, 6.07) is 167. The third-order valence-corrected chi connectivity index (χ3v) is 23.1. The fourth-order valence-corrected chi connectivity index (χ4v) is 17.6. The summed E-state index contributed by atoms with van der Waals surface area (Å²) in [6.45, 7) is 0. The Labute approximate surface area is 675 Å². The number of hydrogen-bond acceptors (Lipinski definition) is 4. The molecule has 0 fully saturated rings. The van der Waals surface area contributed by atoms with Gasteiger partial charge in [-0.05, 0) is 276 Å². The number of nitrogens with zero attached hydrogens (tertiary/aromatic N) is 4. The largest absolute Gasteiger partial charge is 0.311 e. The van der Waals surface area contributed by atoms with Gasteiger partial charge in [-0.15, -0.1) is 0 Å². The van der Waals surface area contributed by atoms with Gasteiger partial charge in [0.25, 0.3) is 0 Å². The minimum absolute atomic E-state index is 1.10. The number of fused-ring (bicyclic) bond motifs is 2. The summed E-state index contributed by atoms with van der Waals surface area (Å²) >= 11 is 0. The molecule has 0 heterocycles. The van der Waals surface area contributed by atoms with Crippen LogP contribution in [0.25, 0.3) is 131 Å². The van der Waals surface area contributed by atoms with Crippen molar-refractivity contribution < 1.29 is 0 Å². The third-order valence-electron chi connectivity index (χ3n) is 23.1. The normalized spacial score (nSPS) is 11.4. The molecule has 0 N–H and O–H groups in total. The molecule has 116 heavy (non-hydrogen) atoms. The van der Waals surface area contributed by atoms with E-state index in [2.05, 4.69) is 481 Å². The Hall–Kier alpha value is -15.4. The maximum Gasteiger partial charge on any atom is 0.0473 e. The van der Waals surface area contributed by atoms with Crippen LogP contribution in [-0.4, -0.2) is 0 Å². The minimum atomic E-state index is 1.10. The second-order valence-corrected chi connectivity index (χ2v) is 30.0. The molecule has 0 aliphatic heterocycles. The maximum absolute atomic E-state index is 2.37. The van der Waals surface area contributed by atoms with Crippen LogP contribution in [0.15, 0.2) is 461 Å². The Morgan fingerprint density at radius 1 is 0.112 bits per heavy atom. The summed E-state index contributed by atoms with van der Waals surface area (Å²) < 4.78 is 0. The lowest BCUT2D eigenvalue weighted by Gasteiger charge is -2.27. The van der Waals surface area contributed by atoms with Crippen LogP contribution < -0.4 is 19.6 Å². The standard InChI is InChI=1S/C56H36N2.C56H40N2/c1-3-13-47(14-4-1)57(51-33-43-21-17-39-9-7-10-40-18-22-44(34-51)55(43)53(39)40)49-29-25-37(26-30-49)38-27-31-50(32-28-38)58(48-15-5-2-6-16-48)52-35-45-23-19-41-11-8-12-42-20-24-46(36-52)56(45)54(41)42;1-3-17-47(18-4-1)57(51-37-29-45(30-38-51)55-23-11-15-43-13-7-9-21-53(43)55)49-33-25-41(26-34-49)42-27-35-50(36-28-42)58(48-19-5-2-6-20-48)52-39-31-46(32-40-52)56-24-12-16-44-14-8-10-22-54(44)56/h1-36H;1-40H. The Bertz CT molecular complexity index is 6680. The van der Waals surface area contributed by atoms with Gasteiger partial charge >= 0.3 is 0 Å². The molecule has 0 atom stereocenters. The third kappa shape index (κ3) is 12.8. The van der Waals surface area contributed by atoms with E-state index in [9.17, 15) is 0 Å². The van der Waals surface area contributed by atoms with Crippen molar-refractivity contribution >= 4 is 154 Å². The predicted octanol–water partition coefficient (Wildman–Crippen LogP) is 32.0. The van der Waals surface area contributed by atoms with E-state index >= 15 is 0 Å². The molecule has 22 aromatic carbocycles. The van der Waals surface area contributed by atoms with Gasteiger partial charge in [0, 0.05) is 68.2 Å². The van der Waals surface area contributed by atoms with Crippen molar-refractivity contribution in [2.75, 3.05) is 19.6 Å². The van der Waals surface area contributed by atoms with Crippen LogP contribution >= 0.6 is 0 Å². The molecule has 22 rings (SSSR count). The fraction of sp³-hybridized carbons (Fsp3) is 0. The molecule has 4 nitrogen and oxygen atoms in total. The molecule has 0 unspecified atom stereocenters. The Morgan fingerprint density at radius 3 is 0.578 bits per heavy atom. The van der Waals surface area contributed by atoms with E-state index in [-0.39, 0.29) is 0 Å². The van der Waals surface area contributed by atoms with Crippen molar-refractivity contribution in [3.63, 3.8) is 0 Å². The van der Waals surface area contributed by atoms with Gasteiger partial charge < -0.3 is 19.6 Å². The van der Waals surface area contributed by atoms with Crippen LogP contribution in [0.4, 0.5) is 68.2 Å². The van der Waals surface area contributed by atoms with Crippen molar-refractivity contribution in [2.45, 2.75) is 0 Å². The highest BCUT2D eigenvalue weighted by Gasteiger charge is 2.22. The molecule has 0 spiro atoms. The molecule has 0 aromatic heterocycles. The summed E-state index contributed by atoms with van der Waals surface area (Å²) in [5.74, 6) is 0. The topological polar surface area (TPSA) is 13.0 Å². The molecular weight excluding hydrogens is 1400 g/mol. The van der Waals surface area contributed by atoms with E-state index in [0.29, 0.717) is 0 Å². The quantitative estimate of drug-likeness (QED) is 0.0894. The zero-order chi connectivity index (χ0) is 76.8. The first kappa shape index (κ1) is 68.7. The monoisotopic (exact) mass is 1480 g/mol. The van der Waals surface area contributed by atoms with Gasteiger partial charge in [0.2, 0.25) is 0 Å². The van der Waals surface area contributed by atoms with Crippen LogP contribution in [0.3, 0.4) is 0 Å². The van der Waals surface area contributed by atoms with Crippen molar-refractivity contribution in [1.82, 2.24) is 0 Å². The lowest BCUT2D eigenvalue weighted by atomic mass is 9.93. The first-order chi connectivity index (χ1) is 57.5. The Balaban J connectivity index is 0.000000145. The van der Waals surface area contributed by atoms with Gasteiger partial charge in [-0.1, -0.05) is 315 Å². The van der Waals surface area contributed by atoms with Gasteiger partial charge in [0.05, 0.1) is 0 Å². The van der Waals surface area contributed by atoms with Gasteiger partial charge in [0.1, 0.15) is 0 Å². The smallest absolute Gasteiger partial charge is 0.0473 e. The fourth-order valence-electron chi connectivity index (χ4n) is 17.6. The van der Waals surface area contributed by atoms with E-state index in [1.54, 1.807) is 0 Å². The van der Waals surface area contributed by atoms with Gasteiger partial charge in [-0.25, -0.2) is 0 Å². The maximum atomic E-state index is 2.37. The van der Waals surface area contributed by atoms with E-state index in [4.69, 9.17) is 0 Å². The summed E-state index contributed by atoms with van der Waals surface area (Å²) in [7, 11) is 0. The first-order valence-corrected chi connectivity index (χ1v) is 39.8. The molecule has 4 heteroatoms. The lowest BCUT2D eigenvalue weighted by Crippen LogP contribution is -2.10. The number of anilines is 12. The highest BCUT2D eigenvalue weighted by atomic mass is 15.2. The Kier molecular flexibility index (Phi) is 17.6. The van der Waals surface area contributed by atoms with Crippen LogP contribution in [0.1, 0.15) is 0 Å². The molecule has 22 aromatic rings. The molecule has 0 saturated heterocycles. The molecular formula is C112H76N4. The number of para-hydroxylation sites is 4. The number of hydrogen-bond donors (Lipinski definition) is 0. The highest BCUT2D eigenvalue weighted by Crippen LogP contribution is 2.47. The van der Waals surface area contributed by atoms with Crippen LogP contribution in [0, 0.1) is 0 Å². The number of benzene rings is 22. The van der Waals surface area contributed by atoms with Crippen LogP contribution in [0.5, 0.6) is 0 Å². The zero-order valence-electron chi connectivity index (χ0n) is 63.7. The molecule has 544 valence electrons. The predicted molar refractivity (Wildman–Crippen MR) is 496 cm³/mol. The average molecular weight is 1480 g/mol. The first-order valence-electron chi connectivity index (χ1n) is 39.8. The molecule has 0 saturated carbocycles. The van der Waals surface area contributed by atoms with Crippen LogP contribution in [-0.2, 0) is 0 Å². The van der Waals surface area contributed by atoms with E-state index in [1.807, 2.05) is 0 Å². The van der Waals surface area contributed by atoms with E-state index in [0.717, 1.165) is 68.2 Å². The van der Waals surface area contributed by atoms with E-state index in [1.165, 1.54) is 131 Å². The average Bonchev–Trinajstić information content (AvgIpc) is 0.740. The van der Waals surface area contributed by atoms with Crippen molar-refractivity contribution in [3.8, 4) is 44.5 Å². The van der Waals surface area contributed by atoms with Gasteiger partial charge in [-0.3, -0.25) is 0 Å². The number of rotatable bonds is 16. The zero-order valence-corrected chi connectivity index (χ0v) is 63.7. The summed E-state index contributed by atoms with van der Waals surface area (Å²) in [5, 5.41) is 20.5. The molecule has 0 bridgehead atoms. The summed E-state index contributed by atoms with van der Waals surface area (Å²) in [5.41, 5.74) is 23.0. The van der Waals surface area contributed by atoms with Gasteiger partial charge in [0.15, 0.2) is 0 Å². The second-order valence-electron chi connectivity index (χ2n) is 30.0. The summed E-state index contributed by atoms with van der Waals surface area (Å²) in [6.07, 6.45) is 0. The second kappa shape index (κ2) is 29.7. The molecule has 0 aliphatic carbocycles. The van der Waals surface area contributed by atoms with Gasteiger partial charge in [-0.2, -0.15) is 0 Å². The van der Waals surface area contributed by atoms with E-state index < -0.39 is 0 Å². The summed E-state index contributed by atoms with van der Waals surface area (Å²) in [4.78, 5) is 9.38. The molecule has 0 radical (unpaired) electrons. The molecule has 0 aliphatic rings. The van der Waals surface area contributed by atoms with Crippen molar-refractivity contribution in [2.24, 2.45) is 0 Å². The van der Waals surface area contributed by atoms with Crippen molar-refractivity contribution in [1.29, 1.82) is 0 Å². The Morgan fingerprint density at radius 2 is 0.302 bits per heavy atom.